The van der Waals surface area contributed by atoms with Crippen LogP contribution in [0.5, 0.6) is 0 Å². The summed E-state index contributed by atoms with van der Waals surface area (Å²) in [7, 11) is 0. The van der Waals surface area contributed by atoms with Crippen LogP contribution in [-0.2, 0) is 0 Å². The zero-order valence-corrected chi connectivity index (χ0v) is 11.7. The van der Waals surface area contributed by atoms with Crippen molar-refractivity contribution >= 4 is 11.0 Å². The van der Waals surface area contributed by atoms with Crippen LogP contribution in [0, 0.1) is 11.6 Å². The van der Waals surface area contributed by atoms with Crippen LogP contribution in [0.4, 0.5) is 8.78 Å². The Morgan fingerprint density at radius 2 is 1.67 bits per heavy atom. The molecule has 0 unspecified atom stereocenters. The molecule has 5 heteroatoms. The Balaban J connectivity index is 2.22. The Bertz CT molecular complexity index is 878. The number of nitrogens with zero attached hydrogens (tertiary/aromatic N) is 1. The van der Waals surface area contributed by atoms with Crippen LogP contribution in [0.3, 0.4) is 0 Å². The summed E-state index contributed by atoms with van der Waals surface area (Å²) in [6.07, 6.45) is 0. The molecule has 1 N–H and O–H groups in total. The van der Waals surface area contributed by atoms with Gasteiger partial charge < -0.3 is 4.98 Å². The molecule has 0 amide bonds. The van der Waals surface area contributed by atoms with E-state index in [0.717, 1.165) is 28.7 Å². The summed E-state index contributed by atoms with van der Waals surface area (Å²) in [5, 5.41) is 0. The van der Waals surface area contributed by atoms with Gasteiger partial charge in [0, 0.05) is 6.04 Å². The lowest BCUT2D eigenvalue weighted by Crippen LogP contribution is -2.18. The lowest BCUT2D eigenvalue weighted by molar-refractivity contribution is 0.509. The quantitative estimate of drug-likeness (QED) is 0.764. The molecule has 0 bridgehead atoms. The largest absolute Gasteiger partial charge is 0.326 e. The van der Waals surface area contributed by atoms with E-state index in [4.69, 9.17) is 0 Å². The molecule has 0 aliphatic carbocycles. The fourth-order valence-electron chi connectivity index (χ4n) is 2.49. The van der Waals surface area contributed by atoms with E-state index in [0.29, 0.717) is 5.56 Å². The van der Waals surface area contributed by atoms with Crippen LogP contribution in [-0.4, -0.2) is 9.55 Å². The van der Waals surface area contributed by atoms with E-state index in [1.54, 1.807) is 22.8 Å². The van der Waals surface area contributed by atoms with Gasteiger partial charge in [-0.3, -0.25) is 4.57 Å². The second-order valence-electron chi connectivity index (χ2n) is 5.25. The van der Waals surface area contributed by atoms with Crippen molar-refractivity contribution in [2.75, 3.05) is 0 Å². The lowest BCUT2D eigenvalue weighted by atomic mass is 10.0. The second-order valence-corrected chi connectivity index (χ2v) is 5.25. The second kappa shape index (κ2) is 4.84. The predicted octanol–water partition coefficient (Wildman–Crippen LogP) is 3.86. The first-order valence-corrected chi connectivity index (χ1v) is 6.67. The third-order valence-corrected chi connectivity index (χ3v) is 3.49. The Morgan fingerprint density at radius 1 is 1.00 bits per heavy atom. The first kappa shape index (κ1) is 13.5. The molecule has 3 rings (SSSR count). The van der Waals surface area contributed by atoms with Crippen molar-refractivity contribution in [2.45, 2.75) is 19.9 Å². The third kappa shape index (κ3) is 2.24. The van der Waals surface area contributed by atoms with Gasteiger partial charge in [-0.2, -0.15) is 0 Å². The smallest absolute Gasteiger partial charge is 0.306 e. The zero-order chi connectivity index (χ0) is 15.1. The molecule has 1 aromatic heterocycles. The molecule has 0 aliphatic rings. The summed E-state index contributed by atoms with van der Waals surface area (Å²) in [6, 6.07) is 9.13. The van der Waals surface area contributed by atoms with Crippen LogP contribution in [0.15, 0.2) is 41.2 Å². The Kier molecular flexibility index (Phi) is 3.12. The molecule has 0 saturated heterocycles. The number of H-pyrrole nitrogens is 1. The zero-order valence-electron chi connectivity index (χ0n) is 11.7. The Labute approximate surface area is 119 Å². The maximum atomic E-state index is 13.4. The summed E-state index contributed by atoms with van der Waals surface area (Å²) in [5.74, 6) is -1.76. The standard InChI is InChI=1S/C16H14F2N2O/c1-9(2)20-15-8-11(4-6-14(15)19-16(20)21)10-3-5-12(17)13(18)7-10/h3-9H,1-2H3,(H,19,21). The van der Waals surface area contributed by atoms with Crippen molar-refractivity contribution in [3.63, 3.8) is 0 Å². The number of rotatable bonds is 2. The van der Waals surface area contributed by atoms with Crippen molar-refractivity contribution < 1.29 is 8.78 Å². The van der Waals surface area contributed by atoms with Gasteiger partial charge in [-0.15, -0.1) is 0 Å². The molecule has 1 heterocycles. The monoisotopic (exact) mass is 288 g/mol. The van der Waals surface area contributed by atoms with Gasteiger partial charge in [0.15, 0.2) is 11.6 Å². The van der Waals surface area contributed by atoms with E-state index in [9.17, 15) is 13.6 Å². The number of hydrogen-bond donors (Lipinski definition) is 1. The van der Waals surface area contributed by atoms with Crippen molar-refractivity contribution in [3.05, 3.63) is 58.5 Å². The molecule has 2 aromatic carbocycles. The van der Waals surface area contributed by atoms with Crippen LogP contribution >= 0.6 is 0 Å². The highest BCUT2D eigenvalue weighted by molar-refractivity contribution is 5.82. The van der Waals surface area contributed by atoms with Gasteiger partial charge in [0.1, 0.15) is 0 Å². The number of halogens is 2. The summed E-state index contributed by atoms with van der Waals surface area (Å²) in [4.78, 5) is 14.7. The summed E-state index contributed by atoms with van der Waals surface area (Å²) in [5.41, 5.74) is 2.59. The molecular formula is C16H14F2N2O. The molecular weight excluding hydrogens is 274 g/mol. The molecule has 21 heavy (non-hydrogen) atoms. The van der Waals surface area contributed by atoms with Gasteiger partial charge in [-0.05, 0) is 49.2 Å². The molecule has 3 nitrogen and oxygen atoms in total. The first-order chi connectivity index (χ1) is 9.97. The third-order valence-electron chi connectivity index (χ3n) is 3.49. The number of fused-ring (bicyclic) bond motifs is 1. The van der Waals surface area contributed by atoms with Crippen molar-refractivity contribution in [1.82, 2.24) is 9.55 Å². The number of aromatic amines is 1. The van der Waals surface area contributed by atoms with Crippen LogP contribution in [0.2, 0.25) is 0 Å². The highest BCUT2D eigenvalue weighted by atomic mass is 19.2. The molecule has 0 fully saturated rings. The fourth-order valence-corrected chi connectivity index (χ4v) is 2.49. The van der Waals surface area contributed by atoms with Crippen molar-refractivity contribution in [3.8, 4) is 11.1 Å². The predicted molar refractivity (Wildman–Crippen MR) is 78.3 cm³/mol. The molecule has 0 radical (unpaired) electrons. The van der Waals surface area contributed by atoms with Gasteiger partial charge in [0.05, 0.1) is 11.0 Å². The van der Waals surface area contributed by atoms with Gasteiger partial charge in [-0.1, -0.05) is 12.1 Å². The van der Waals surface area contributed by atoms with Crippen LogP contribution in [0.25, 0.3) is 22.2 Å². The highest BCUT2D eigenvalue weighted by Crippen LogP contribution is 2.25. The minimum absolute atomic E-state index is 0.00598. The normalized spacial score (nSPS) is 11.5. The minimum atomic E-state index is -0.886. The number of nitrogens with one attached hydrogen (secondary N) is 1. The van der Waals surface area contributed by atoms with E-state index in [-0.39, 0.29) is 11.7 Å². The average molecular weight is 288 g/mol. The Morgan fingerprint density at radius 3 is 2.33 bits per heavy atom. The summed E-state index contributed by atoms with van der Waals surface area (Å²) in [6.45, 7) is 3.83. The first-order valence-electron chi connectivity index (χ1n) is 6.67. The average Bonchev–Trinajstić information content (AvgIpc) is 2.76. The van der Waals surface area contributed by atoms with Gasteiger partial charge in [0.2, 0.25) is 0 Å². The molecule has 108 valence electrons. The topological polar surface area (TPSA) is 37.8 Å². The van der Waals surface area contributed by atoms with E-state index < -0.39 is 11.6 Å². The maximum absolute atomic E-state index is 13.4. The molecule has 0 atom stereocenters. The van der Waals surface area contributed by atoms with Crippen LogP contribution in [0.1, 0.15) is 19.9 Å². The maximum Gasteiger partial charge on any atom is 0.326 e. The molecule has 0 aliphatic heterocycles. The van der Waals surface area contributed by atoms with Crippen molar-refractivity contribution in [1.29, 1.82) is 0 Å². The number of imidazole rings is 1. The van der Waals surface area contributed by atoms with E-state index >= 15 is 0 Å². The van der Waals surface area contributed by atoms with E-state index in [1.807, 2.05) is 13.8 Å². The minimum Gasteiger partial charge on any atom is -0.306 e. The summed E-state index contributed by atoms with van der Waals surface area (Å²) < 4.78 is 28.0. The van der Waals surface area contributed by atoms with Gasteiger partial charge >= 0.3 is 5.69 Å². The fraction of sp³-hybridized carbons (Fsp3) is 0.188. The molecule has 0 spiro atoms. The molecule has 3 aromatic rings. The summed E-state index contributed by atoms with van der Waals surface area (Å²) >= 11 is 0. The number of aromatic nitrogens is 2. The van der Waals surface area contributed by atoms with Crippen LogP contribution < -0.4 is 5.69 Å². The molecule has 0 saturated carbocycles. The van der Waals surface area contributed by atoms with E-state index in [2.05, 4.69) is 4.98 Å². The number of benzene rings is 2. The lowest BCUT2D eigenvalue weighted by Gasteiger charge is -2.08. The van der Waals surface area contributed by atoms with E-state index in [1.165, 1.54) is 6.07 Å². The highest BCUT2D eigenvalue weighted by Gasteiger charge is 2.11. The van der Waals surface area contributed by atoms with Gasteiger partial charge in [-0.25, -0.2) is 13.6 Å². The Hall–Kier alpha value is -2.43. The number of hydrogen-bond acceptors (Lipinski definition) is 1. The SMILES string of the molecule is CC(C)n1c(=O)[nH]c2ccc(-c3ccc(F)c(F)c3)cc21. The van der Waals surface area contributed by atoms with Crippen molar-refractivity contribution in [2.24, 2.45) is 0 Å². The van der Waals surface area contributed by atoms with Gasteiger partial charge in [0.25, 0.3) is 0 Å².